The second-order valence-corrected chi connectivity index (χ2v) is 10.9. The molecule has 2 aromatic carbocycles. The molecule has 1 aliphatic heterocycles. The van der Waals surface area contributed by atoms with E-state index in [9.17, 15) is 9.59 Å². The van der Waals surface area contributed by atoms with Gasteiger partial charge in [0, 0.05) is 17.2 Å². The summed E-state index contributed by atoms with van der Waals surface area (Å²) in [5, 5.41) is 0.932. The smallest absolute Gasteiger partial charge is 0.338 e. The van der Waals surface area contributed by atoms with Crippen LogP contribution in [0.25, 0.3) is 6.08 Å². The summed E-state index contributed by atoms with van der Waals surface area (Å²) < 4.78 is 18.3. The normalized spacial score (nSPS) is 15.2. The number of methoxy groups -OCH3 is 1. The third-order valence-electron chi connectivity index (χ3n) is 6.22. The summed E-state index contributed by atoms with van der Waals surface area (Å²) in [7, 11) is 1.53. The highest BCUT2D eigenvalue weighted by Crippen LogP contribution is 2.32. The fourth-order valence-corrected chi connectivity index (χ4v) is 5.74. The second-order valence-electron chi connectivity index (χ2n) is 9.00. The zero-order valence-electron chi connectivity index (χ0n) is 22.0. The van der Waals surface area contributed by atoms with Gasteiger partial charge < -0.3 is 14.2 Å². The van der Waals surface area contributed by atoms with Crippen LogP contribution in [0.5, 0.6) is 5.75 Å². The summed E-state index contributed by atoms with van der Waals surface area (Å²) in [6.45, 7) is 4.87. The number of benzene rings is 2. The first kappa shape index (κ1) is 29.1. The standard InChI is InChI=1S/C29H30Cl2N2O5S/c1-4-5-6-13-37-22-11-8-19(9-12-22)26-25(28(35)38-15-14-36-3)18(2)32-29-33(26)27(34)24(39-29)16-20-7-10-21(30)17-23(20)31/h7-12,16-17,26H,4-6,13-15H2,1-3H3. The van der Waals surface area contributed by atoms with Crippen molar-refractivity contribution in [3.8, 4) is 5.75 Å². The molecule has 1 aliphatic rings. The topological polar surface area (TPSA) is 79.1 Å². The second kappa shape index (κ2) is 13.4. The summed E-state index contributed by atoms with van der Waals surface area (Å²) in [5.41, 5.74) is 1.89. The van der Waals surface area contributed by atoms with Crippen LogP contribution in [0.2, 0.25) is 10.0 Å². The van der Waals surface area contributed by atoms with E-state index in [4.69, 9.17) is 37.4 Å². The van der Waals surface area contributed by atoms with E-state index in [1.165, 1.54) is 23.0 Å². The maximum Gasteiger partial charge on any atom is 0.338 e. The van der Waals surface area contributed by atoms with E-state index in [0.29, 0.717) is 42.8 Å². The Balaban J connectivity index is 1.78. The van der Waals surface area contributed by atoms with Crippen molar-refractivity contribution in [2.75, 3.05) is 26.9 Å². The van der Waals surface area contributed by atoms with Crippen molar-refractivity contribution < 1.29 is 19.0 Å². The number of aromatic nitrogens is 1. The number of rotatable bonds is 11. The van der Waals surface area contributed by atoms with E-state index in [1.54, 1.807) is 31.2 Å². The minimum absolute atomic E-state index is 0.0862. The number of ether oxygens (including phenoxy) is 3. The van der Waals surface area contributed by atoms with Gasteiger partial charge in [-0.25, -0.2) is 9.79 Å². The number of halogens is 2. The van der Waals surface area contributed by atoms with Gasteiger partial charge >= 0.3 is 5.97 Å². The largest absolute Gasteiger partial charge is 0.494 e. The summed E-state index contributed by atoms with van der Waals surface area (Å²) in [6.07, 6.45) is 4.91. The highest BCUT2D eigenvalue weighted by atomic mass is 35.5. The zero-order chi connectivity index (χ0) is 27.9. The third kappa shape index (κ3) is 6.81. The first-order valence-electron chi connectivity index (χ1n) is 12.7. The van der Waals surface area contributed by atoms with Crippen LogP contribution in [0, 0.1) is 0 Å². The van der Waals surface area contributed by atoms with Gasteiger partial charge in [0.25, 0.3) is 5.56 Å². The van der Waals surface area contributed by atoms with Gasteiger partial charge in [0.2, 0.25) is 0 Å². The fourth-order valence-electron chi connectivity index (χ4n) is 4.24. The Labute approximate surface area is 241 Å². The SMILES string of the molecule is CCCCCOc1ccc(C2C(C(=O)OCCOC)=C(C)N=c3sc(=Cc4ccc(Cl)cc4Cl)c(=O)n32)cc1. The highest BCUT2D eigenvalue weighted by molar-refractivity contribution is 7.07. The number of nitrogens with zero attached hydrogens (tertiary/aromatic N) is 2. The minimum Gasteiger partial charge on any atom is -0.494 e. The number of esters is 1. The predicted octanol–water partition coefficient (Wildman–Crippen LogP) is 5.30. The Morgan fingerprint density at radius 3 is 2.56 bits per heavy atom. The van der Waals surface area contributed by atoms with E-state index in [0.717, 1.165) is 30.6 Å². The van der Waals surface area contributed by atoms with Gasteiger partial charge in [-0.1, -0.05) is 72.5 Å². The molecule has 7 nitrogen and oxygen atoms in total. The number of hydrogen-bond donors (Lipinski definition) is 0. The average molecular weight is 590 g/mol. The number of hydrogen-bond acceptors (Lipinski definition) is 7. The van der Waals surface area contributed by atoms with Gasteiger partial charge in [-0.15, -0.1) is 0 Å². The number of fused-ring (bicyclic) bond motifs is 1. The summed E-state index contributed by atoms with van der Waals surface area (Å²) in [4.78, 5) is 32.1. The van der Waals surface area contributed by atoms with E-state index in [-0.39, 0.29) is 18.8 Å². The van der Waals surface area contributed by atoms with E-state index in [2.05, 4.69) is 11.9 Å². The maximum absolute atomic E-state index is 13.8. The molecule has 0 fully saturated rings. The quantitative estimate of drug-likeness (QED) is 0.224. The van der Waals surface area contributed by atoms with E-state index in [1.807, 2.05) is 24.3 Å². The molecule has 4 rings (SSSR count). The van der Waals surface area contributed by atoms with Gasteiger partial charge in [0.1, 0.15) is 12.4 Å². The van der Waals surface area contributed by atoms with Crippen molar-refractivity contribution in [1.29, 1.82) is 0 Å². The molecule has 1 unspecified atom stereocenters. The number of carbonyl (C=O) groups is 1. The van der Waals surface area contributed by atoms with Gasteiger partial charge in [-0.2, -0.15) is 0 Å². The zero-order valence-corrected chi connectivity index (χ0v) is 24.4. The molecule has 10 heteroatoms. The number of thiazole rings is 1. The first-order valence-corrected chi connectivity index (χ1v) is 14.3. The molecule has 0 aliphatic carbocycles. The van der Waals surface area contributed by atoms with Crippen molar-refractivity contribution in [3.05, 3.63) is 94.6 Å². The van der Waals surface area contributed by atoms with Crippen LogP contribution in [0.4, 0.5) is 0 Å². The molecule has 0 spiro atoms. The lowest BCUT2D eigenvalue weighted by Crippen LogP contribution is -2.40. The van der Waals surface area contributed by atoms with Crippen LogP contribution in [-0.2, 0) is 14.3 Å². The molecule has 0 saturated heterocycles. The van der Waals surface area contributed by atoms with Crippen molar-refractivity contribution in [3.63, 3.8) is 0 Å². The number of carbonyl (C=O) groups excluding carboxylic acids is 1. The fraction of sp³-hybridized carbons (Fsp3) is 0.345. The summed E-state index contributed by atoms with van der Waals surface area (Å²) >= 11 is 13.6. The van der Waals surface area contributed by atoms with Crippen molar-refractivity contribution in [2.45, 2.75) is 39.2 Å². The Kier molecular flexibility index (Phi) is 10.0. The highest BCUT2D eigenvalue weighted by Gasteiger charge is 2.33. The lowest BCUT2D eigenvalue weighted by Gasteiger charge is -2.25. The monoisotopic (exact) mass is 588 g/mol. The van der Waals surface area contributed by atoms with Crippen molar-refractivity contribution in [1.82, 2.24) is 4.57 Å². The van der Waals surface area contributed by atoms with Crippen LogP contribution in [0.3, 0.4) is 0 Å². The average Bonchev–Trinajstić information content (AvgIpc) is 3.22. The lowest BCUT2D eigenvalue weighted by atomic mass is 9.96. The number of allylic oxidation sites excluding steroid dienone is 1. The Morgan fingerprint density at radius 1 is 1.10 bits per heavy atom. The summed E-state index contributed by atoms with van der Waals surface area (Å²) in [6, 6.07) is 11.8. The van der Waals surface area contributed by atoms with E-state index < -0.39 is 12.0 Å². The van der Waals surface area contributed by atoms with Crippen LogP contribution < -0.4 is 19.6 Å². The van der Waals surface area contributed by atoms with Crippen LogP contribution in [-0.4, -0.2) is 37.5 Å². The van der Waals surface area contributed by atoms with Crippen LogP contribution in [0.1, 0.15) is 50.3 Å². The Bertz CT molecular complexity index is 1540. The van der Waals surface area contributed by atoms with E-state index >= 15 is 0 Å². The molecule has 1 atom stereocenters. The molecule has 1 aromatic heterocycles. The molecule has 0 saturated carbocycles. The molecule has 0 bridgehead atoms. The molecule has 0 N–H and O–H groups in total. The number of unbranched alkanes of at least 4 members (excludes halogenated alkanes) is 2. The Morgan fingerprint density at radius 2 is 1.87 bits per heavy atom. The van der Waals surface area contributed by atoms with Gasteiger partial charge in [-0.05, 0) is 54.8 Å². The Hall–Kier alpha value is -2.91. The first-order chi connectivity index (χ1) is 18.8. The van der Waals surface area contributed by atoms with Crippen molar-refractivity contribution in [2.24, 2.45) is 4.99 Å². The molecule has 39 heavy (non-hydrogen) atoms. The molecule has 0 amide bonds. The molecule has 2 heterocycles. The third-order valence-corrected chi connectivity index (χ3v) is 7.77. The molecular formula is C29H30Cl2N2O5S. The lowest BCUT2D eigenvalue weighted by molar-refractivity contribution is -0.140. The minimum atomic E-state index is -0.728. The molecule has 3 aromatic rings. The van der Waals surface area contributed by atoms with Gasteiger partial charge in [-0.3, -0.25) is 9.36 Å². The van der Waals surface area contributed by atoms with Crippen molar-refractivity contribution >= 4 is 46.6 Å². The van der Waals surface area contributed by atoms with Gasteiger partial charge in [0.15, 0.2) is 4.80 Å². The molecular weight excluding hydrogens is 559 g/mol. The predicted molar refractivity (Wildman–Crippen MR) is 155 cm³/mol. The van der Waals surface area contributed by atoms with Crippen LogP contribution >= 0.6 is 34.5 Å². The molecule has 0 radical (unpaired) electrons. The molecule has 206 valence electrons. The van der Waals surface area contributed by atoms with Gasteiger partial charge in [0.05, 0.1) is 35.1 Å². The maximum atomic E-state index is 13.8. The van der Waals surface area contributed by atoms with Crippen LogP contribution in [0.15, 0.2) is 63.5 Å². The summed E-state index contributed by atoms with van der Waals surface area (Å²) in [5.74, 6) is 0.179.